The van der Waals surface area contributed by atoms with Crippen molar-refractivity contribution in [3.8, 4) is 5.75 Å². The van der Waals surface area contributed by atoms with Crippen LogP contribution in [0.4, 0.5) is 0 Å². The lowest BCUT2D eigenvalue weighted by Gasteiger charge is -2.12. The number of Topliss-reactive ketones (excluding diaryl/α,β-unsaturated/α-hetero) is 1. The largest absolute Gasteiger partial charge is 0.491 e. The first-order valence-corrected chi connectivity index (χ1v) is 6.82. The van der Waals surface area contributed by atoms with E-state index in [1.165, 1.54) is 0 Å². The number of rotatable bonds is 7. The van der Waals surface area contributed by atoms with Crippen LogP contribution in [0.5, 0.6) is 5.75 Å². The Hall–Kier alpha value is -1.31. The van der Waals surface area contributed by atoms with Crippen LogP contribution in [0, 0.1) is 5.92 Å². The van der Waals surface area contributed by atoms with E-state index in [2.05, 4.69) is 13.8 Å². The first kappa shape index (κ1) is 14.7. The number of ether oxygens (including phenoxy) is 1. The Bertz CT molecular complexity index is 382. The van der Waals surface area contributed by atoms with Gasteiger partial charge < -0.3 is 4.74 Å². The van der Waals surface area contributed by atoms with Gasteiger partial charge in [-0.3, -0.25) is 4.79 Å². The Morgan fingerprint density at radius 3 is 2.61 bits per heavy atom. The molecule has 1 rings (SSSR count). The Labute approximate surface area is 110 Å². The summed E-state index contributed by atoms with van der Waals surface area (Å²) < 4.78 is 5.61. The van der Waals surface area contributed by atoms with Gasteiger partial charge >= 0.3 is 0 Å². The highest BCUT2D eigenvalue weighted by atomic mass is 16.5. The van der Waals surface area contributed by atoms with Crippen molar-refractivity contribution in [2.24, 2.45) is 5.92 Å². The monoisotopic (exact) mass is 248 g/mol. The fourth-order valence-electron chi connectivity index (χ4n) is 2.04. The fraction of sp³-hybridized carbons (Fsp3) is 0.562. The zero-order valence-electron chi connectivity index (χ0n) is 11.9. The lowest BCUT2D eigenvalue weighted by molar-refractivity contribution is 0.0962. The third-order valence-corrected chi connectivity index (χ3v) is 2.84. The molecule has 0 amide bonds. The lowest BCUT2D eigenvalue weighted by atomic mass is 9.96. The molecule has 0 radical (unpaired) electrons. The Kier molecular flexibility index (Phi) is 5.90. The maximum atomic E-state index is 12.1. The van der Waals surface area contributed by atoms with Gasteiger partial charge in [-0.15, -0.1) is 0 Å². The first-order valence-electron chi connectivity index (χ1n) is 6.82. The van der Waals surface area contributed by atoms with Gasteiger partial charge in [0.05, 0.1) is 6.10 Å². The van der Waals surface area contributed by atoms with Crippen LogP contribution >= 0.6 is 0 Å². The fourth-order valence-corrected chi connectivity index (χ4v) is 2.04. The molecule has 0 spiro atoms. The summed E-state index contributed by atoms with van der Waals surface area (Å²) in [7, 11) is 0. The molecule has 0 saturated carbocycles. The zero-order valence-corrected chi connectivity index (χ0v) is 11.9. The second kappa shape index (κ2) is 7.20. The topological polar surface area (TPSA) is 26.3 Å². The number of ketones is 1. The van der Waals surface area contributed by atoms with Crippen LogP contribution in [0.2, 0.25) is 0 Å². The van der Waals surface area contributed by atoms with Crippen LogP contribution in [0.1, 0.15) is 57.3 Å². The average molecular weight is 248 g/mol. The molecule has 18 heavy (non-hydrogen) atoms. The summed E-state index contributed by atoms with van der Waals surface area (Å²) in [6.45, 7) is 8.25. The average Bonchev–Trinajstić information content (AvgIpc) is 2.28. The molecular weight excluding hydrogens is 224 g/mol. The minimum absolute atomic E-state index is 0.134. The van der Waals surface area contributed by atoms with E-state index in [0.717, 1.165) is 24.2 Å². The summed E-state index contributed by atoms with van der Waals surface area (Å²) in [5.74, 6) is 1.45. The van der Waals surface area contributed by atoms with Gasteiger partial charge in [0.25, 0.3) is 0 Å². The summed E-state index contributed by atoms with van der Waals surface area (Å²) >= 11 is 0. The van der Waals surface area contributed by atoms with E-state index in [-0.39, 0.29) is 11.9 Å². The standard InChI is InChI=1S/C16H24O2/c1-5-7-13(4)10-16(17)14-8-6-9-15(11-14)18-12(2)3/h6,8-9,11-13H,5,7,10H2,1-4H3. The van der Waals surface area contributed by atoms with Crippen molar-refractivity contribution in [3.05, 3.63) is 29.8 Å². The normalized spacial score (nSPS) is 12.5. The van der Waals surface area contributed by atoms with E-state index in [1.807, 2.05) is 38.1 Å². The SMILES string of the molecule is CCCC(C)CC(=O)c1cccc(OC(C)C)c1. The van der Waals surface area contributed by atoms with E-state index >= 15 is 0 Å². The second-order valence-electron chi connectivity index (χ2n) is 5.22. The van der Waals surface area contributed by atoms with Crippen molar-refractivity contribution in [2.45, 2.75) is 53.1 Å². The molecule has 0 N–H and O–H groups in total. The van der Waals surface area contributed by atoms with Crippen LogP contribution in [-0.2, 0) is 0 Å². The lowest BCUT2D eigenvalue weighted by Crippen LogP contribution is -2.08. The molecule has 0 aliphatic rings. The number of carbonyl (C=O) groups is 1. The molecular formula is C16H24O2. The van der Waals surface area contributed by atoms with Crippen LogP contribution in [0.25, 0.3) is 0 Å². The highest BCUT2D eigenvalue weighted by Gasteiger charge is 2.11. The Morgan fingerprint density at radius 2 is 2.00 bits per heavy atom. The minimum Gasteiger partial charge on any atom is -0.491 e. The number of benzene rings is 1. The molecule has 0 fully saturated rings. The minimum atomic E-state index is 0.134. The van der Waals surface area contributed by atoms with Crippen LogP contribution in [0.3, 0.4) is 0 Å². The molecule has 0 saturated heterocycles. The predicted octanol–water partition coefficient (Wildman–Crippen LogP) is 4.48. The summed E-state index contributed by atoms with van der Waals surface area (Å²) in [6, 6.07) is 7.50. The molecule has 1 aromatic carbocycles. The van der Waals surface area contributed by atoms with E-state index in [9.17, 15) is 4.79 Å². The number of hydrogen-bond donors (Lipinski definition) is 0. The number of hydrogen-bond acceptors (Lipinski definition) is 2. The predicted molar refractivity (Wildman–Crippen MR) is 75.2 cm³/mol. The zero-order chi connectivity index (χ0) is 13.5. The van der Waals surface area contributed by atoms with Gasteiger partial charge in [-0.05, 0) is 31.9 Å². The van der Waals surface area contributed by atoms with Crippen molar-refractivity contribution in [1.82, 2.24) is 0 Å². The van der Waals surface area contributed by atoms with Crippen molar-refractivity contribution < 1.29 is 9.53 Å². The van der Waals surface area contributed by atoms with E-state index in [1.54, 1.807) is 0 Å². The molecule has 1 atom stereocenters. The van der Waals surface area contributed by atoms with E-state index in [0.29, 0.717) is 12.3 Å². The molecule has 2 nitrogen and oxygen atoms in total. The smallest absolute Gasteiger partial charge is 0.163 e. The van der Waals surface area contributed by atoms with Crippen molar-refractivity contribution in [2.75, 3.05) is 0 Å². The first-order chi connectivity index (χ1) is 8.52. The third-order valence-electron chi connectivity index (χ3n) is 2.84. The molecule has 0 aliphatic carbocycles. The van der Waals surface area contributed by atoms with Crippen molar-refractivity contribution >= 4 is 5.78 Å². The molecule has 0 aromatic heterocycles. The van der Waals surface area contributed by atoms with Crippen LogP contribution in [0.15, 0.2) is 24.3 Å². The second-order valence-corrected chi connectivity index (χ2v) is 5.22. The van der Waals surface area contributed by atoms with Gasteiger partial charge in [0, 0.05) is 12.0 Å². The van der Waals surface area contributed by atoms with Gasteiger partial charge in [0.1, 0.15) is 5.75 Å². The van der Waals surface area contributed by atoms with E-state index < -0.39 is 0 Å². The molecule has 2 heteroatoms. The Morgan fingerprint density at radius 1 is 1.28 bits per heavy atom. The van der Waals surface area contributed by atoms with Crippen LogP contribution in [-0.4, -0.2) is 11.9 Å². The van der Waals surface area contributed by atoms with E-state index in [4.69, 9.17) is 4.74 Å². The third kappa shape index (κ3) is 4.91. The molecule has 0 bridgehead atoms. The highest BCUT2D eigenvalue weighted by molar-refractivity contribution is 5.96. The maximum Gasteiger partial charge on any atom is 0.163 e. The highest BCUT2D eigenvalue weighted by Crippen LogP contribution is 2.19. The number of carbonyl (C=O) groups excluding carboxylic acids is 1. The Balaban J connectivity index is 2.68. The van der Waals surface area contributed by atoms with Crippen molar-refractivity contribution in [1.29, 1.82) is 0 Å². The molecule has 0 aliphatic heterocycles. The van der Waals surface area contributed by atoms with Crippen molar-refractivity contribution in [3.63, 3.8) is 0 Å². The molecule has 1 aromatic rings. The van der Waals surface area contributed by atoms with Gasteiger partial charge in [0.2, 0.25) is 0 Å². The summed E-state index contributed by atoms with van der Waals surface area (Å²) in [6.07, 6.45) is 2.99. The van der Waals surface area contributed by atoms with Gasteiger partial charge in [0.15, 0.2) is 5.78 Å². The summed E-state index contributed by atoms with van der Waals surface area (Å²) in [5.41, 5.74) is 0.760. The quantitative estimate of drug-likeness (QED) is 0.665. The molecule has 100 valence electrons. The van der Waals surface area contributed by atoms with Gasteiger partial charge in [-0.2, -0.15) is 0 Å². The van der Waals surface area contributed by atoms with Gasteiger partial charge in [-0.1, -0.05) is 38.8 Å². The van der Waals surface area contributed by atoms with Crippen LogP contribution < -0.4 is 4.74 Å². The summed E-state index contributed by atoms with van der Waals surface area (Å²) in [4.78, 5) is 12.1. The maximum absolute atomic E-state index is 12.1. The molecule has 0 heterocycles. The van der Waals surface area contributed by atoms with Gasteiger partial charge in [-0.25, -0.2) is 0 Å². The summed E-state index contributed by atoms with van der Waals surface area (Å²) in [5, 5.41) is 0. The molecule has 1 unspecified atom stereocenters.